The number of halogens is 1. The molecule has 0 aromatic heterocycles. The van der Waals surface area contributed by atoms with Gasteiger partial charge in [0, 0.05) is 24.9 Å². The van der Waals surface area contributed by atoms with E-state index in [0.29, 0.717) is 0 Å². The topological polar surface area (TPSA) is 26.7 Å². The smallest absolute Gasteiger partial charge is 0.123 e. The summed E-state index contributed by atoms with van der Waals surface area (Å²) < 4.78 is 14.1. The van der Waals surface area contributed by atoms with Crippen LogP contribution in [0.25, 0.3) is 0 Å². The Balaban J connectivity index is 1.59. The van der Waals surface area contributed by atoms with Gasteiger partial charge in [0.2, 0.25) is 0 Å². The van der Waals surface area contributed by atoms with Gasteiger partial charge in [0.25, 0.3) is 0 Å². The van der Waals surface area contributed by atoms with Crippen LogP contribution in [-0.4, -0.2) is 54.2 Å². The van der Waals surface area contributed by atoms with Crippen LogP contribution in [0.3, 0.4) is 0 Å². The fourth-order valence-electron chi connectivity index (χ4n) is 5.96. The maximum atomic E-state index is 14.1. The second-order valence-electron chi connectivity index (χ2n) is 9.38. The molecule has 3 nitrogen and oxygen atoms in total. The van der Waals surface area contributed by atoms with E-state index in [4.69, 9.17) is 0 Å². The summed E-state index contributed by atoms with van der Waals surface area (Å²) in [6, 6.07) is 6.82. The maximum absolute atomic E-state index is 14.1. The first-order valence-electron chi connectivity index (χ1n) is 11.6. The highest BCUT2D eigenvalue weighted by atomic mass is 19.1. The number of piperidine rings is 2. The summed E-state index contributed by atoms with van der Waals surface area (Å²) in [4.78, 5) is 5.09. The fraction of sp³-hybridized carbons (Fsp3) is 0.750. The summed E-state index contributed by atoms with van der Waals surface area (Å²) in [5, 5.41) is 12.2. The second kappa shape index (κ2) is 9.23. The number of nitrogens with zero attached hydrogens (tertiary/aromatic N) is 2. The van der Waals surface area contributed by atoms with E-state index in [0.717, 1.165) is 57.7 Å². The minimum absolute atomic E-state index is 0.191. The third-order valence-corrected chi connectivity index (χ3v) is 7.49. The quantitative estimate of drug-likeness (QED) is 0.810. The molecule has 0 bridgehead atoms. The van der Waals surface area contributed by atoms with Crippen molar-refractivity contribution in [3.8, 4) is 0 Å². The molecule has 1 N–H and O–H groups in total. The van der Waals surface area contributed by atoms with E-state index in [9.17, 15) is 9.50 Å². The standard InChI is InChI=1S/C24H37FN2O/c25-23-12-8-9-20(17-23)24(28)21(18-26-13-3-1-4-14-26)10-7-11-22(24)19-27-15-5-2-6-16-27/h8-9,12,17,21-22,28H,1-7,10-11,13-16,18-19H2. The van der Waals surface area contributed by atoms with Gasteiger partial charge in [-0.2, -0.15) is 0 Å². The molecule has 1 aromatic carbocycles. The Morgan fingerprint density at radius 2 is 1.36 bits per heavy atom. The lowest BCUT2D eigenvalue weighted by molar-refractivity contribution is -0.119. The summed E-state index contributed by atoms with van der Waals surface area (Å²) in [5.41, 5.74) is -0.119. The molecule has 4 heteroatoms. The highest BCUT2D eigenvalue weighted by Gasteiger charge is 2.48. The zero-order valence-electron chi connectivity index (χ0n) is 17.3. The van der Waals surface area contributed by atoms with Crippen LogP contribution in [0.15, 0.2) is 24.3 Å². The van der Waals surface area contributed by atoms with Crippen LogP contribution < -0.4 is 0 Å². The van der Waals surface area contributed by atoms with Crippen LogP contribution in [0, 0.1) is 17.7 Å². The Labute approximate surface area is 169 Å². The maximum Gasteiger partial charge on any atom is 0.123 e. The third kappa shape index (κ3) is 4.44. The van der Waals surface area contributed by atoms with Gasteiger partial charge in [-0.05, 0) is 82.4 Å². The van der Waals surface area contributed by atoms with E-state index in [-0.39, 0.29) is 17.7 Å². The van der Waals surface area contributed by atoms with E-state index in [2.05, 4.69) is 9.80 Å². The average Bonchev–Trinajstić information content (AvgIpc) is 2.73. The Kier molecular flexibility index (Phi) is 6.70. The normalized spacial score (nSPS) is 33.1. The number of aliphatic hydroxyl groups is 1. The number of hydrogen-bond acceptors (Lipinski definition) is 3. The van der Waals surface area contributed by atoms with E-state index in [1.165, 1.54) is 51.0 Å². The van der Waals surface area contributed by atoms with Crippen molar-refractivity contribution < 1.29 is 9.50 Å². The molecule has 1 aromatic rings. The zero-order chi connectivity index (χ0) is 19.4. The Morgan fingerprint density at radius 1 is 0.821 bits per heavy atom. The second-order valence-corrected chi connectivity index (χ2v) is 9.38. The molecule has 156 valence electrons. The molecule has 3 aliphatic rings. The molecule has 3 fully saturated rings. The van der Waals surface area contributed by atoms with Crippen molar-refractivity contribution in [2.24, 2.45) is 11.8 Å². The van der Waals surface area contributed by atoms with Gasteiger partial charge in [-0.25, -0.2) is 4.39 Å². The van der Waals surface area contributed by atoms with Gasteiger partial charge in [0.05, 0.1) is 5.60 Å². The minimum Gasteiger partial charge on any atom is -0.384 e. The Hall–Kier alpha value is -0.970. The van der Waals surface area contributed by atoms with Crippen LogP contribution in [0.4, 0.5) is 4.39 Å². The van der Waals surface area contributed by atoms with Crippen molar-refractivity contribution in [3.05, 3.63) is 35.6 Å². The fourth-order valence-corrected chi connectivity index (χ4v) is 5.96. The lowest BCUT2D eigenvalue weighted by Crippen LogP contribution is -2.53. The summed E-state index contributed by atoms with van der Waals surface area (Å²) in [6.45, 7) is 6.48. The summed E-state index contributed by atoms with van der Waals surface area (Å²) in [7, 11) is 0. The van der Waals surface area contributed by atoms with Crippen molar-refractivity contribution in [1.29, 1.82) is 0 Å². The van der Waals surface area contributed by atoms with Gasteiger partial charge < -0.3 is 14.9 Å². The first kappa shape index (κ1) is 20.3. The van der Waals surface area contributed by atoms with Crippen molar-refractivity contribution in [2.45, 2.75) is 63.4 Å². The van der Waals surface area contributed by atoms with Crippen LogP contribution in [-0.2, 0) is 5.60 Å². The predicted molar refractivity (Wildman–Crippen MR) is 112 cm³/mol. The molecule has 0 spiro atoms. The summed E-state index contributed by atoms with van der Waals surface area (Å²) >= 11 is 0. The molecule has 0 amide bonds. The molecule has 2 atom stereocenters. The molecule has 2 heterocycles. The molecule has 28 heavy (non-hydrogen) atoms. The van der Waals surface area contributed by atoms with Crippen LogP contribution in [0.2, 0.25) is 0 Å². The summed E-state index contributed by atoms with van der Waals surface area (Å²) in [5.74, 6) is 0.150. The molecule has 4 rings (SSSR count). The van der Waals surface area contributed by atoms with Crippen LogP contribution in [0.1, 0.15) is 63.4 Å². The van der Waals surface area contributed by atoms with Crippen molar-refractivity contribution in [2.75, 3.05) is 39.3 Å². The average molecular weight is 389 g/mol. The molecule has 0 radical (unpaired) electrons. The molecule has 1 aliphatic carbocycles. The molecular formula is C24H37FN2O. The zero-order valence-corrected chi connectivity index (χ0v) is 17.3. The predicted octanol–water partition coefficient (Wildman–Crippen LogP) is 4.40. The van der Waals surface area contributed by atoms with Gasteiger partial charge >= 0.3 is 0 Å². The Morgan fingerprint density at radius 3 is 1.86 bits per heavy atom. The monoisotopic (exact) mass is 388 g/mol. The Bertz CT molecular complexity index is 597. The SMILES string of the molecule is OC1(c2cccc(F)c2)C(CN2CCCCC2)CCCC1CN1CCCCC1. The van der Waals surface area contributed by atoms with E-state index in [1.807, 2.05) is 6.07 Å². The van der Waals surface area contributed by atoms with Crippen LogP contribution in [0.5, 0.6) is 0 Å². The van der Waals surface area contributed by atoms with E-state index >= 15 is 0 Å². The molecule has 1 saturated carbocycles. The highest BCUT2D eigenvalue weighted by molar-refractivity contribution is 5.26. The largest absolute Gasteiger partial charge is 0.384 e. The van der Waals surface area contributed by atoms with Crippen LogP contribution >= 0.6 is 0 Å². The molecular weight excluding hydrogens is 351 g/mol. The number of hydrogen-bond donors (Lipinski definition) is 1. The lowest BCUT2D eigenvalue weighted by atomic mass is 9.64. The van der Waals surface area contributed by atoms with E-state index in [1.54, 1.807) is 12.1 Å². The van der Waals surface area contributed by atoms with Gasteiger partial charge in [0.15, 0.2) is 0 Å². The van der Waals surface area contributed by atoms with Crippen molar-refractivity contribution in [1.82, 2.24) is 9.80 Å². The highest BCUT2D eigenvalue weighted by Crippen LogP contribution is 2.47. The first-order chi connectivity index (χ1) is 13.7. The first-order valence-corrected chi connectivity index (χ1v) is 11.6. The van der Waals surface area contributed by atoms with Gasteiger partial charge in [-0.3, -0.25) is 0 Å². The summed E-state index contributed by atoms with van der Waals surface area (Å²) in [6.07, 6.45) is 11.0. The van der Waals surface area contributed by atoms with Gasteiger partial charge in [-0.1, -0.05) is 31.4 Å². The molecule has 2 saturated heterocycles. The minimum atomic E-state index is -0.921. The third-order valence-electron chi connectivity index (χ3n) is 7.49. The molecule has 2 unspecified atom stereocenters. The molecule has 2 aliphatic heterocycles. The number of benzene rings is 1. The van der Waals surface area contributed by atoms with Gasteiger partial charge in [0.1, 0.15) is 5.82 Å². The van der Waals surface area contributed by atoms with Crippen molar-refractivity contribution in [3.63, 3.8) is 0 Å². The van der Waals surface area contributed by atoms with E-state index < -0.39 is 5.60 Å². The number of likely N-dealkylation sites (tertiary alicyclic amines) is 2. The van der Waals surface area contributed by atoms with Crippen molar-refractivity contribution >= 4 is 0 Å². The lowest BCUT2D eigenvalue weighted by Gasteiger charge is -2.49. The number of rotatable bonds is 5. The van der Waals surface area contributed by atoms with Gasteiger partial charge in [-0.15, -0.1) is 0 Å².